The predicted molar refractivity (Wildman–Crippen MR) is 74.5 cm³/mol. The molecule has 0 saturated carbocycles. The van der Waals surface area contributed by atoms with Crippen molar-refractivity contribution in [2.75, 3.05) is 5.73 Å². The Kier molecular flexibility index (Phi) is 2.35. The number of rotatable bonds is 1. The maximum Gasteiger partial charge on any atom is 0.147 e. The smallest absolute Gasteiger partial charge is 0.147 e. The van der Waals surface area contributed by atoms with Crippen LogP contribution < -0.4 is 5.73 Å². The van der Waals surface area contributed by atoms with Gasteiger partial charge in [-0.25, -0.2) is 4.98 Å². The number of aromatic amines is 1. The number of pyridine rings is 1. The van der Waals surface area contributed by atoms with Crippen LogP contribution in [0.2, 0.25) is 0 Å². The molecule has 0 aliphatic carbocycles. The zero-order chi connectivity index (χ0) is 13.6. The highest BCUT2D eigenvalue weighted by molar-refractivity contribution is 5.82. The maximum absolute atomic E-state index is 5.92. The van der Waals surface area contributed by atoms with Gasteiger partial charge in [0.2, 0.25) is 0 Å². The molecule has 0 aromatic carbocycles. The molecule has 3 heterocycles. The minimum atomic E-state index is -0.116. The Bertz CT molecular complexity index is 731. The van der Waals surface area contributed by atoms with Gasteiger partial charge in [-0.1, -0.05) is 0 Å². The summed E-state index contributed by atoms with van der Waals surface area (Å²) in [6.07, 6.45) is 5.23. The van der Waals surface area contributed by atoms with Crippen LogP contribution in [0.25, 0.3) is 22.4 Å². The van der Waals surface area contributed by atoms with Crippen LogP contribution in [-0.4, -0.2) is 24.7 Å². The van der Waals surface area contributed by atoms with Crippen molar-refractivity contribution in [3.8, 4) is 11.4 Å². The van der Waals surface area contributed by atoms with Crippen LogP contribution in [0.4, 0.5) is 5.82 Å². The molecule has 6 heteroatoms. The Morgan fingerprint density at radius 2 is 2.05 bits per heavy atom. The van der Waals surface area contributed by atoms with Crippen LogP contribution in [0.15, 0.2) is 24.7 Å². The molecule has 0 radical (unpaired) electrons. The van der Waals surface area contributed by atoms with Gasteiger partial charge < -0.3 is 10.3 Å². The quantitative estimate of drug-likeness (QED) is 0.698. The van der Waals surface area contributed by atoms with Crippen LogP contribution in [0.5, 0.6) is 0 Å². The van der Waals surface area contributed by atoms with E-state index in [1.165, 1.54) is 0 Å². The van der Waals surface area contributed by atoms with Crippen molar-refractivity contribution in [2.45, 2.75) is 26.3 Å². The van der Waals surface area contributed by atoms with Crippen molar-refractivity contribution in [3.63, 3.8) is 0 Å². The molecule has 0 saturated heterocycles. The van der Waals surface area contributed by atoms with Gasteiger partial charge in [0, 0.05) is 11.7 Å². The van der Waals surface area contributed by atoms with Crippen LogP contribution >= 0.6 is 0 Å². The summed E-state index contributed by atoms with van der Waals surface area (Å²) in [6.45, 7) is 6.40. The average molecular weight is 256 g/mol. The number of nitrogen functional groups attached to an aromatic ring is 1. The summed E-state index contributed by atoms with van der Waals surface area (Å²) in [7, 11) is 0. The third-order valence-corrected chi connectivity index (χ3v) is 3.04. The van der Waals surface area contributed by atoms with E-state index in [0.29, 0.717) is 5.82 Å². The van der Waals surface area contributed by atoms with Gasteiger partial charge in [-0.2, -0.15) is 5.10 Å². The third-order valence-electron chi connectivity index (χ3n) is 3.04. The van der Waals surface area contributed by atoms with Crippen LogP contribution in [-0.2, 0) is 5.54 Å². The zero-order valence-electron chi connectivity index (χ0n) is 11.2. The lowest BCUT2D eigenvalue weighted by molar-refractivity contribution is 0.413. The third kappa shape index (κ3) is 1.76. The van der Waals surface area contributed by atoms with E-state index in [2.05, 4.69) is 45.5 Å². The van der Waals surface area contributed by atoms with E-state index in [1.807, 2.05) is 6.07 Å². The fraction of sp³-hybridized carbons (Fsp3) is 0.308. The highest BCUT2D eigenvalue weighted by Crippen LogP contribution is 2.32. The largest absolute Gasteiger partial charge is 0.383 e. The first-order valence-corrected chi connectivity index (χ1v) is 6.10. The molecule has 0 spiro atoms. The standard InChI is InChI=1S/C13H16N6/c1-13(2,3)19-10-4-5-15-7-9(10)17-12(19)8-6-16-18-11(8)14/h4-7H,1-3H3,(H3,14,16,18). The Morgan fingerprint density at radius 3 is 2.68 bits per heavy atom. The number of H-pyrrole nitrogens is 1. The molecule has 0 aliphatic heterocycles. The number of fused-ring (bicyclic) bond motifs is 1. The normalized spacial score (nSPS) is 12.2. The Hall–Kier alpha value is -2.37. The topological polar surface area (TPSA) is 85.4 Å². The molecule has 6 nitrogen and oxygen atoms in total. The SMILES string of the molecule is CC(C)(C)n1c(-c2cn[nH]c2N)nc2cnccc21. The lowest BCUT2D eigenvalue weighted by Crippen LogP contribution is -2.22. The number of nitrogens with two attached hydrogens (primary N) is 1. The van der Waals surface area contributed by atoms with E-state index in [0.717, 1.165) is 22.4 Å². The van der Waals surface area contributed by atoms with E-state index in [9.17, 15) is 0 Å². The molecule has 3 aromatic rings. The second kappa shape index (κ2) is 3.81. The maximum atomic E-state index is 5.92. The molecule has 0 unspecified atom stereocenters. The first kappa shape index (κ1) is 11.7. The number of hydrogen-bond donors (Lipinski definition) is 2. The van der Waals surface area contributed by atoms with Gasteiger partial charge in [-0.05, 0) is 26.8 Å². The van der Waals surface area contributed by atoms with Crippen LogP contribution in [0.1, 0.15) is 20.8 Å². The monoisotopic (exact) mass is 256 g/mol. The molecule has 0 bridgehead atoms. The molecule has 3 N–H and O–H groups in total. The van der Waals surface area contributed by atoms with Crippen molar-refractivity contribution in [1.29, 1.82) is 0 Å². The Balaban J connectivity index is 2.39. The second-order valence-corrected chi connectivity index (χ2v) is 5.50. The molecular weight excluding hydrogens is 240 g/mol. The van der Waals surface area contributed by atoms with Gasteiger partial charge in [0.05, 0.1) is 23.5 Å². The lowest BCUT2D eigenvalue weighted by atomic mass is 10.1. The Labute approximate surface area is 110 Å². The lowest BCUT2D eigenvalue weighted by Gasteiger charge is -2.24. The van der Waals surface area contributed by atoms with E-state index >= 15 is 0 Å². The summed E-state index contributed by atoms with van der Waals surface area (Å²) in [6, 6.07) is 1.97. The molecule has 0 fully saturated rings. The molecular formula is C13H16N6. The molecule has 98 valence electrons. The summed E-state index contributed by atoms with van der Waals surface area (Å²) in [5.41, 5.74) is 8.51. The van der Waals surface area contributed by atoms with Crippen molar-refractivity contribution in [2.24, 2.45) is 0 Å². The van der Waals surface area contributed by atoms with Gasteiger partial charge in [0.15, 0.2) is 0 Å². The number of hydrogen-bond acceptors (Lipinski definition) is 4. The molecule has 3 rings (SSSR count). The molecule has 0 amide bonds. The van der Waals surface area contributed by atoms with Gasteiger partial charge in [-0.15, -0.1) is 0 Å². The van der Waals surface area contributed by atoms with Gasteiger partial charge in [-0.3, -0.25) is 10.1 Å². The van der Waals surface area contributed by atoms with Crippen molar-refractivity contribution in [1.82, 2.24) is 24.7 Å². The van der Waals surface area contributed by atoms with Crippen molar-refractivity contribution >= 4 is 16.9 Å². The minimum absolute atomic E-state index is 0.116. The summed E-state index contributed by atoms with van der Waals surface area (Å²) in [5.74, 6) is 1.33. The van der Waals surface area contributed by atoms with Crippen molar-refractivity contribution in [3.05, 3.63) is 24.7 Å². The summed E-state index contributed by atoms with van der Waals surface area (Å²) < 4.78 is 2.16. The van der Waals surface area contributed by atoms with Crippen LogP contribution in [0, 0.1) is 0 Å². The van der Waals surface area contributed by atoms with Gasteiger partial charge >= 0.3 is 0 Å². The molecule has 19 heavy (non-hydrogen) atoms. The fourth-order valence-corrected chi connectivity index (χ4v) is 2.27. The van der Waals surface area contributed by atoms with Gasteiger partial charge in [0.25, 0.3) is 0 Å². The Morgan fingerprint density at radius 1 is 1.26 bits per heavy atom. The highest BCUT2D eigenvalue weighted by Gasteiger charge is 2.24. The summed E-state index contributed by atoms with van der Waals surface area (Å²) >= 11 is 0. The highest BCUT2D eigenvalue weighted by atomic mass is 15.2. The van der Waals surface area contributed by atoms with E-state index < -0.39 is 0 Å². The number of nitrogens with one attached hydrogen (secondary N) is 1. The molecule has 3 aromatic heterocycles. The fourth-order valence-electron chi connectivity index (χ4n) is 2.27. The van der Waals surface area contributed by atoms with Crippen molar-refractivity contribution < 1.29 is 0 Å². The second-order valence-electron chi connectivity index (χ2n) is 5.50. The minimum Gasteiger partial charge on any atom is -0.383 e. The average Bonchev–Trinajstić information content (AvgIpc) is 2.90. The van der Waals surface area contributed by atoms with Gasteiger partial charge in [0.1, 0.15) is 17.2 Å². The first-order chi connectivity index (χ1) is 8.98. The zero-order valence-corrected chi connectivity index (χ0v) is 11.2. The van der Waals surface area contributed by atoms with E-state index in [4.69, 9.17) is 5.73 Å². The first-order valence-electron chi connectivity index (χ1n) is 6.10. The number of anilines is 1. The summed E-state index contributed by atoms with van der Waals surface area (Å²) in [5, 5.41) is 6.72. The van der Waals surface area contributed by atoms with E-state index in [-0.39, 0.29) is 5.54 Å². The molecule has 0 aliphatic rings. The van der Waals surface area contributed by atoms with Crippen LogP contribution in [0.3, 0.4) is 0 Å². The number of nitrogens with zero attached hydrogens (tertiary/aromatic N) is 4. The predicted octanol–water partition coefficient (Wildman–Crippen LogP) is 2.16. The number of aromatic nitrogens is 5. The number of imidazole rings is 1. The molecule has 0 atom stereocenters. The van der Waals surface area contributed by atoms with E-state index in [1.54, 1.807) is 18.6 Å². The summed E-state index contributed by atoms with van der Waals surface area (Å²) in [4.78, 5) is 8.77.